The van der Waals surface area contributed by atoms with Gasteiger partial charge in [-0.15, -0.1) is 0 Å². The van der Waals surface area contributed by atoms with E-state index in [1.54, 1.807) is 4.90 Å². The first kappa shape index (κ1) is 15.6. The minimum absolute atomic E-state index is 0.114. The normalized spacial score (nSPS) is 18.1. The number of carbonyl (C=O) groups excluding carboxylic acids is 1. The Morgan fingerprint density at radius 2 is 2.14 bits per heavy atom. The van der Waals surface area contributed by atoms with Gasteiger partial charge in [0.1, 0.15) is 0 Å². The number of nitrogen functional groups attached to an aromatic ring is 1. The van der Waals surface area contributed by atoms with Gasteiger partial charge in [-0.05, 0) is 12.5 Å². The van der Waals surface area contributed by atoms with E-state index in [9.17, 15) is 14.9 Å². The van der Waals surface area contributed by atoms with Gasteiger partial charge in [-0.3, -0.25) is 14.9 Å². The van der Waals surface area contributed by atoms with Crippen LogP contribution in [-0.4, -0.2) is 39.3 Å². The van der Waals surface area contributed by atoms with E-state index in [2.05, 4.69) is 13.8 Å². The van der Waals surface area contributed by atoms with E-state index in [0.29, 0.717) is 13.1 Å². The molecule has 0 bridgehead atoms. The van der Waals surface area contributed by atoms with Crippen LogP contribution in [0.3, 0.4) is 0 Å². The molecule has 1 aromatic carbocycles. The summed E-state index contributed by atoms with van der Waals surface area (Å²) < 4.78 is 0.142. The summed E-state index contributed by atoms with van der Waals surface area (Å²) in [4.78, 5) is 24.6. The molecule has 1 heterocycles. The molecule has 0 spiro atoms. The second-order valence-electron chi connectivity index (χ2n) is 5.68. The number of rotatable bonds is 2. The zero-order valence-corrected chi connectivity index (χ0v) is 13.0. The summed E-state index contributed by atoms with van der Waals surface area (Å²) in [5.41, 5.74) is 6.20. The Balaban J connectivity index is 2.23. The first-order valence-corrected chi connectivity index (χ1v) is 7.76. The predicted molar refractivity (Wildman–Crippen MR) is 84.6 cm³/mol. The van der Waals surface area contributed by atoms with Crippen LogP contribution < -0.4 is 5.73 Å². The van der Waals surface area contributed by atoms with E-state index in [-0.39, 0.29) is 27.6 Å². The molecule has 7 heteroatoms. The summed E-state index contributed by atoms with van der Waals surface area (Å²) in [6.45, 7) is 5.59. The fourth-order valence-electron chi connectivity index (χ4n) is 2.24. The number of carbonyl (C=O) groups is 1. The van der Waals surface area contributed by atoms with Crippen molar-refractivity contribution in [2.75, 3.05) is 24.6 Å². The van der Waals surface area contributed by atoms with E-state index in [1.165, 1.54) is 18.2 Å². The van der Waals surface area contributed by atoms with Crippen molar-refractivity contribution in [1.29, 1.82) is 0 Å². The Morgan fingerprint density at radius 1 is 1.43 bits per heavy atom. The molecule has 0 atom stereocenters. The monoisotopic (exact) mass is 309 g/mol. The molecule has 0 radical (unpaired) electrons. The predicted octanol–water partition coefficient (Wildman–Crippen LogP) is 2.53. The molecule has 1 aromatic rings. The highest BCUT2D eigenvalue weighted by Gasteiger charge is 2.27. The number of nitrogens with two attached hydrogens (primary N) is 1. The molecule has 6 nitrogen and oxygen atoms in total. The molecular formula is C14H19N3O3S. The zero-order chi connectivity index (χ0) is 15.6. The lowest BCUT2D eigenvalue weighted by Crippen LogP contribution is -2.34. The highest BCUT2D eigenvalue weighted by molar-refractivity contribution is 8.00. The molecule has 0 unspecified atom stereocenters. The summed E-state index contributed by atoms with van der Waals surface area (Å²) in [5, 5.41) is 10.8. The van der Waals surface area contributed by atoms with Crippen molar-refractivity contribution < 1.29 is 9.72 Å². The maximum atomic E-state index is 12.6. The van der Waals surface area contributed by atoms with Crippen LogP contribution in [0, 0.1) is 10.1 Å². The van der Waals surface area contributed by atoms with Crippen molar-refractivity contribution >= 4 is 29.0 Å². The lowest BCUT2D eigenvalue weighted by atomic mass is 10.1. The Kier molecular flexibility index (Phi) is 4.41. The van der Waals surface area contributed by atoms with Gasteiger partial charge in [-0.1, -0.05) is 13.8 Å². The summed E-state index contributed by atoms with van der Waals surface area (Å²) in [6.07, 6.45) is 0.887. The third-order valence-corrected chi connectivity index (χ3v) is 4.98. The van der Waals surface area contributed by atoms with Crippen LogP contribution in [0.1, 0.15) is 30.6 Å². The van der Waals surface area contributed by atoms with Crippen molar-refractivity contribution in [3.05, 3.63) is 33.9 Å². The van der Waals surface area contributed by atoms with Gasteiger partial charge in [0.15, 0.2) is 0 Å². The van der Waals surface area contributed by atoms with Gasteiger partial charge >= 0.3 is 0 Å². The average Bonchev–Trinajstić information content (AvgIpc) is 2.59. The van der Waals surface area contributed by atoms with Crippen LogP contribution in [0.4, 0.5) is 11.4 Å². The standard InChI is InChI=1S/C14H19N3O3S/c1-14(2)5-6-16(7-8-21-14)13(18)11-9-10(17(19)20)3-4-12(11)15/h3-4,9H,5-8,15H2,1-2H3. The van der Waals surface area contributed by atoms with Crippen molar-refractivity contribution in [2.24, 2.45) is 0 Å². The number of non-ortho nitro benzene ring substituents is 1. The SMILES string of the molecule is CC1(C)CCN(C(=O)c2cc([N+](=O)[O-])ccc2N)CCS1. The zero-order valence-electron chi connectivity index (χ0n) is 12.2. The largest absolute Gasteiger partial charge is 0.398 e. The Labute approximate surface area is 127 Å². The van der Waals surface area contributed by atoms with Crippen molar-refractivity contribution in [2.45, 2.75) is 25.0 Å². The molecule has 0 saturated carbocycles. The van der Waals surface area contributed by atoms with Gasteiger partial charge < -0.3 is 10.6 Å². The number of nitro benzene ring substituents is 1. The number of thioether (sulfide) groups is 1. The molecule has 1 aliphatic rings. The van der Waals surface area contributed by atoms with Crippen molar-refractivity contribution in [3.8, 4) is 0 Å². The Bertz CT molecular complexity index is 575. The number of hydrogen-bond donors (Lipinski definition) is 1. The van der Waals surface area contributed by atoms with Gasteiger partial charge in [0.2, 0.25) is 0 Å². The molecule has 21 heavy (non-hydrogen) atoms. The second kappa shape index (κ2) is 5.93. The summed E-state index contributed by atoms with van der Waals surface area (Å²) >= 11 is 1.84. The minimum atomic E-state index is -0.516. The number of anilines is 1. The highest BCUT2D eigenvalue weighted by atomic mass is 32.2. The number of benzene rings is 1. The maximum Gasteiger partial charge on any atom is 0.270 e. The summed E-state index contributed by atoms with van der Waals surface area (Å²) in [5.74, 6) is 0.627. The quantitative estimate of drug-likeness (QED) is 0.515. The first-order chi connectivity index (χ1) is 9.80. The molecule has 1 fully saturated rings. The molecule has 2 rings (SSSR count). The number of nitrogens with zero attached hydrogens (tertiary/aromatic N) is 2. The van der Waals surface area contributed by atoms with Gasteiger partial charge in [-0.2, -0.15) is 11.8 Å². The van der Waals surface area contributed by atoms with Gasteiger partial charge in [-0.25, -0.2) is 0 Å². The van der Waals surface area contributed by atoms with Crippen LogP contribution in [0.5, 0.6) is 0 Å². The maximum absolute atomic E-state index is 12.6. The Morgan fingerprint density at radius 3 is 2.81 bits per heavy atom. The molecule has 1 amide bonds. The molecule has 1 aliphatic heterocycles. The average molecular weight is 309 g/mol. The summed E-state index contributed by atoms with van der Waals surface area (Å²) in [6, 6.07) is 4.00. The molecule has 0 aliphatic carbocycles. The van der Waals surface area contributed by atoms with Crippen molar-refractivity contribution in [1.82, 2.24) is 4.90 Å². The fraction of sp³-hybridized carbons (Fsp3) is 0.500. The van der Waals surface area contributed by atoms with Crippen LogP contribution in [0.25, 0.3) is 0 Å². The number of amides is 1. The van der Waals surface area contributed by atoms with Gasteiger partial charge in [0.05, 0.1) is 10.5 Å². The van der Waals surface area contributed by atoms with Crippen molar-refractivity contribution in [3.63, 3.8) is 0 Å². The summed E-state index contributed by atoms with van der Waals surface area (Å²) in [7, 11) is 0. The van der Waals surface area contributed by atoms with Gasteiger partial charge in [0.25, 0.3) is 11.6 Å². The third kappa shape index (κ3) is 3.66. The first-order valence-electron chi connectivity index (χ1n) is 6.77. The minimum Gasteiger partial charge on any atom is -0.398 e. The third-order valence-electron chi connectivity index (χ3n) is 3.60. The van der Waals surface area contributed by atoms with Crippen LogP contribution in [0.2, 0.25) is 0 Å². The molecule has 0 aromatic heterocycles. The number of hydrogen-bond acceptors (Lipinski definition) is 5. The smallest absolute Gasteiger partial charge is 0.270 e. The molecule has 2 N–H and O–H groups in total. The lowest BCUT2D eigenvalue weighted by molar-refractivity contribution is -0.384. The molecule has 114 valence electrons. The lowest BCUT2D eigenvalue weighted by Gasteiger charge is -2.23. The van der Waals surface area contributed by atoms with E-state index >= 15 is 0 Å². The topological polar surface area (TPSA) is 89.5 Å². The van der Waals surface area contributed by atoms with Gasteiger partial charge in [0, 0.05) is 41.4 Å². The van der Waals surface area contributed by atoms with E-state index in [4.69, 9.17) is 5.73 Å². The second-order valence-corrected chi connectivity index (χ2v) is 7.48. The highest BCUT2D eigenvalue weighted by Crippen LogP contribution is 2.31. The van der Waals surface area contributed by atoms with Crippen LogP contribution >= 0.6 is 11.8 Å². The molecular weight excluding hydrogens is 290 g/mol. The van der Waals surface area contributed by atoms with Crippen LogP contribution in [-0.2, 0) is 0 Å². The Hall–Kier alpha value is -1.76. The van der Waals surface area contributed by atoms with E-state index in [0.717, 1.165) is 12.2 Å². The van der Waals surface area contributed by atoms with Crippen LogP contribution in [0.15, 0.2) is 18.2 Å². The van der Waals surface area contributed by atoms with E-state index < -0.39 is 4.92 Å². The molecule has 1 saturated heterocycles. The fourth-order valence-corrected chi connectivity index (χ4v) is 3.34. The number of nitro groups is 1. The van der Waals surface area contributed by atoms with E-state index in [1.807, 2.05) is 11.8 Å².